The monoisotopic (exact) mass is 390 g/mol. The lowest BCUT2D eigenvalue weighted by atomic mass is 9.85. The van der Waals surface area contributed by atoms with Crippen LogP contribution in [0.2, 0.25) is 5.02 Å². The van der Waals surface area contributed by atoms with Gasteiger partial charge in [0.05, 0.1) is 21.6 Å². The summed E-state index contributed by atoms with van der Waals surface area (Å²) in [6.45, 7) is 2.08. The highest BCUT2D eigenvalue weighted by Gasteiger charge is 2.30. The van der Waals surface area contributed by atoms with E-state index in [9.17, 15) is 9.90 Å². The highest BCUT2D eigenvalue weighted by molar-refractivity contribution is 6.36. The largest absolute Gasteiger partial charge is 0.388 e. The predicted molar refractivity (Wildman–Crippen MR) is 106 cm³/mol. The maximum atomic E-state index is 12.9. The minimum Gasteiger partial charge on any atom is -0.388 e. The fraction of sp³-hybridized carbons (Fsp3) is 0.600. The Bertz CT molecular complexity index is 823. The molecule has 0 unspecified atom stereocenters. The van der Waals surface area contributed by atoms with Crippen LogP contribution >= 0.6 is 11.6 Å². The molecule has 3 heterocycles. The van der Waals surface area contributed by atoms with Crippen molar-refractivity contribution in [2.45, 2.75) is 63.1 Å². The van der Waals surface area contributed by atoms with Crippen LogP contribution in [0.5, 0.6) is 0 Å². The van der Waals surface area contributed by atoms with Crippen LogP contribution in [0, 0.1) is 0 Å². The number of nitrogens with zero attached hydrogens (tertiary/aromatic N) is 2. The third kappa shape index (κ3) is 3.98. The van der Waals surface area contributed by atoms with Crippen molar-refractivity contribution in [3.05, 3.63) is 29.0 Å². The topological polar surface area (TPSA) is 79.2 Å². The lowest BCUT2D eigenvalue weighted by molar-refractivity contribution is 0.00527. The van der Waals surface area contributed by atoms with Crippen LogP contribution in [0.3, 0.4) is 0 Å². The van der Waals surface area contributed by atoms with Crippen molar-refractivity contribution in [2.75, 3.05) is 13.1 Å². The van der Waals surface area contributed by atoms with E-state index in [0.29, 0.717) is 22.0 Å². The molecule has 2 fully saturated rings. The molecule has 0 spiro atoms. The van der Waals surface area contributed by atoms with Gasteiger partial charge in [0.2, 0.25) is 0 Å². The Morgan fingerprint density at radius 1 is 1.37 bits per heavy atom. The van der Waals surface area contributed by atoms with Gasteiger partial charge in [-0.05, 0) is 38.3 Å². The summed E-state index contributed by atoms with van der Waals surface area (Å²) in [4.78, 5) is 17.4. The molecule has 7 heteroatoms. The first-order valence-corrected chi connectivity index (χ1v) is 10.3. The maximum absolute atomic E-state index is 12.9. The van der Waals surface area contributed by atoms with Gasteiger partial charge < -0.3 is 20.3 Å². The van der Waals surface area contributed by atoms with Gasteiger partial charge in [0, 0.05) is 31.5 Å². The standard InChI is InChI=1S/C20H27ClN4O2/c21-16-6-10-23-18-17(16)15(12-25(18)11-14-5-4-9-22-14)19(26)24-13-20(27)7-2-1-3-8-20/h6,10,12,14,22,27H,1-5,7-9,11,13H2,(H,24,26)/t14-/m0/s1. The van der Waals surface area contributed by atoms with E-state index >= 15 is 0 Å². The zero-order valence-electron chi connectivity index (χ0n) is 15.5. The van der Waals surface area contributed by atoms with Crippen molar-refractivity contribution in [1.82, 2.24) is 20.2 Å². The third-order valence-corrected chi connectivity index (χ3v) is 6.21. The number of rotatable bonds is 5. The van der Waals surface area contributed by atoms with Crippen LogP contribution in [-0.4, -0.2) is 45.3 Å². The number of fused-ring (bicyclic) bond motifs is 1. The number of carbonyl (C=O) groups excluding carboxylic acids is 1. The first kappa shape index (κ1) is 18.7. The van der Waals surface area contributed by atoms with E-state index in [2.05, 4.69) is 15.6 Å². The van der Waals surface area contributed by atoms with Gasteiger partial charge >= 0.3 is 0 Å². The van der Waals surface area contributed by atoms with Crippen LogP contribution in [0.25, 0.3) is 11.0 Å². The first-order valence-electron chi connectivity index (χ1n) is 9.93. The summed E-state index contributed by atoms with van der Waals surface area (Å²) in [6.07, 6.45) is 10.5. The molecule has 1 aliphatic carbocycles. The highest BCUT2D eigenvalue weighted by atomic mass is 35.5. The molecule has 0 radical (unpaired) electrons. The van der Waals surface area contributed by atoms with E-state index in [1.54, 1.807) is 12.3 Å². The Hall–Kier alpha value is -1.63. The predicted octanol–water partition coefficient (Wildman–Crippen LogP) is 2.87. The summed E-state index contributed by atoms with van der Waals surface area (Å²) in [6, 6.07) is 2.10. The lowest BCUT2D eigenvalue weighted by Gasteiger charge is -2.32. The molecular weight excluding hydrogens is 364 g/mol. The number of halogens is 1. The molecule has 1 amide bonds. The van der Waals surface area contributed by atoms with Crippen molar-refractivity contribution in [1.29, 1.82) is 0 Å². The molecular formula is C20H27ClN4O2. The Balaban J connectivity index is 1.57. The number of hydrogen-bond donors (Lipinski definition) is 3. The molecule has 27 heavy (non-hydrogen) atoms. The van der Waals surface area contributed by atoms with Gasteiger partial charge in [-0.3, -0.25) is 4.79 Å². The van der Waals surface area contributed by atoms with E-state index < -0.39 is 5.60 Å². The van der Waals surface area contributed by atoms with Crippen LogP contribution in [0.1, 0.15) is 55.3 Å². The molecule has 1 saturated heterocycles. The van der Waals surface area contributed by atoms with Crippen LogP contribution in [0.15, 0.2) is 18.5 Å². The van der Waals surface area contributed by atoms with E-state index in [4.69, 9.17) is 11.6 Å². The van der Waals surface area contributed by atoms with Gasteiger partial charge in [0.15, 0.2) is 0 Å². The normalized spacial score (nSPS) is 22.2. The second kappa shape index (κ2) is 7.78. The average molecular weight is 391 g/mol. The second-order valence-corrected chi connectivity index (χ2v) is 8.35. The van der Waals surface area contributed by atoms with Gasteiger partial charge in [0.1, 0.15) is 5.65 Å². The van der Waals surface area contributed by atoms with Crippen molar-refractivity contribution in [2.24, 2.45) is 0 Å². The van der Waals surface area contributed by atoms with Crippen LogP contribution < -0.4 is 10.6 Å². The molecule has 2 aromatic rings. The van der Waals surface area contributed by atoms with E-state index in [0.717, 1.165) is 57.3 Å². The highest BCUT2D eigenvalue weighted by Crippen LogP contribution is 2.29. The van der Waals surface area contributed by atoms with Gasteiger partial charge in [-0.25, -0.2) is 4.98 Å². The Morgan fingerprint density at radius 2 is 2.19 bits per heavy atom. The molecule has 1 aliphatic heterocycles. The van der Waals surface area contributed by atoms with E-state index in [1.807, 2.05) is 10.8 Å². The number of aromatic nitrogens is 2. The van der Waals surface area contributed by atoms with Gasteiger partial charge in [0.25, 0.3) is 5.91 Å². The number of nitrogens with one attached hydrogen (secondary N) is 2. The summed E-state index contributed by atoms with van der Waals surface area (Å²) in [5.41, 5.74) is 0.473. The van der Waals surface area contributed by atoms with E-state index in [-0.39, 0.29) is 12.5 Å². The summed E-state index contributed by atoms with van der Waals surface area (Å²) >= 11 is 6.41. The molecule has 1 saturated carbocycles. The summed E-state index contributed by atoms with van der Waals surface area (Å²) < 4.78 is 2.02. The number of aliphatic hydroxyl groups is 1. The summed E-state index contributed by atoms with van der Waals surface area (Å²) in [5, 5.41) is 18.3. The molecule has 2 aromatic heterocycles. The number of carbonyl (C=O) groups is 1. The molecule has 6 nitrogen and oxygen atoms in total. The third-order valence-electron chi connectivity index (χ3n) is 5.89. The minimum atomic E-state index is -0.790. The molecule has 0 aromatic carbocycles. The number of amides is 1. The Morgan fingerprint density at radius 3 is 2.93 bits per heavy atom. The quantitative estimate of drug-likeness (QED) is 0.733. The zero-order valence-corrected chi connectivity index (χ0v) is 16.3. The van der Waals surface area contributed by atoms with Gasteiger partial charge in [-0.15, -0.1) is 0 Å². The number of pyridine rings is 1. The molecule has 3 N–H and O–H groups in total. The molecule has 0 bridgehead atoms. The first-order chi connectivity index (χ1) is 13.1. The van der Waals surface area contributed by atoms with Gasteiger partial charge in [-0.1, -0.05) is 30.9 Å². The molecule has 146 valence electrons. The molecule has 2 aliphatic rings. The fourth-order valence-corrected chi connectivity index (χ4v) is 4.61. The van der Waals surface area contributed by atoms with Crippen molar-refractivity contribution in [3.8, 4) is 0 Å². The second-order valence-electron chi connectivity index (χ2n) is 7.95. The number of hydrogen-bond acceptors (Lipinski definition) is 4. The molecule has 4 rings (SSSR count). The van der Waals surface area contributed by atoms with Gasteiger partial charge in [-0.2, -0.15) is 0 Å². The summed E-state index contributed by atoms with van der Waals surface area (Å²) in [7, 11) is 0. The molecule has 1 atom stereocenters. The summed E-state index contributed by atoms with van der Waals surface area (Å²) in [5.74, 6) is -0.202. The van der Waals surface area contributed by atoms with Crippen molar-refractivity contribution >= 4 is 28.5 Å². The van der Waals surface area contributed by atoms with Crippen molar-refractivity contribution in [3.63, 3.8) is 0 Å². The Kier molecular flexibility index (Phi) is 5.39. The van der Waals surface area contributed by atoms with Crippen molar-refractivity contribution < 1.29 is 9.90 Å². The fourth-order valence-electron chi connectivity index (χ4n) is 4.36. The SMILES string of the molecule is O=C(NCC1(O)CCCCC1)c1cn(C[C@@H]2CCCN2)c2nccc(Cl)c12. The zero-order chi connectivity index (χ0) is 18.9. The smallest absolute Gasteiger partial charge is 0.253 e. The van der Waals surface area contributed by atoms with Crippen LogP contribution in [-0.2, 0) is 6.54 Å². The van der Waals surface area contributed by atoms with Crippen LogP contribution in [0.4, 0.5) is 0 Å². The minimum absolute atomic E-state index is 0.202. The Labute approximate surface area is 164 Å². The lowest BCUT2D eigenvalue weighted by Crippen LogP contribution is -2.44. The average Bonchev–Trinajstić information content (AvgIpc) is 3.30. The maximum Gasteiger partial charge on any atom is 0.253 e. The van der Waals surface area contributed by atoms with E-state index in [1.165, 1.54) is 6.42 Å².